The minimum Gasteiger partial charge on any atom is -0.497 e. The van der Waals surface area contributed by atoms with E-state index in [4.69, 9.17) is 38.4 Å². The number of anilines is 1. The van der Waals surface area contributed by atoms with Gasteiger partial charge in [-0.05, 0) is 42.3 Å². The minimum absolute atomic E-state index is 0.176. The second-order valence-electron chi connectivity index (χ2n) is 6.18. The van der Waals surface area contributed by atoms with E-state index in [1.165, 1.54) is 7.11 Å². The van der Waals surface area contributed by atoms with Crippen LogP contribution in [0.4, 0.5) is 5.69 Å². The summed E-state index contributed by atoms with van der Waals surface area (Å²) >= 11 is 12.9. The van der Waals surface area contributed by atoms with E-state index in [2.05, 4.69) is 0 Å². The number of hydrogen-bond donors (Lipinski definition) is 1. The van der Waals surface area contributed by atoms with Crippen molar-refractivity contribution < 1.29 is 14.3 Å². The molecule has 0 aromatic heterocycles. The number of nitrogen functional groups attached to an aromatic ring is 1. The number of carbonyl (C=O) groups is 1. The first-order valence-electron chi connectivity index (χ1n) is 7.81. The third-order valence-electron chi connectivity index (χ3n) is 4.67. The molecule has 25 heavy (non-hydrogen) atoms. The predicted octanol–water partition coefficient (Wildman–Crippen LogP) is 4.36. The Balaban J connectivity index is 1.96. The number of nitrogens with two attached hydrogens (primary N) is 1. The summed E-state index contributed by atoms with van der Waals surface area (Å²) in [6, 6.07) is 10.7. The van der Waals surface area contributed by atoms with E-state index < -0.39 is 10.3 Å². The van der Waals surface area contributed by atoms with Gasteiger partial charge in [-0.1, -0.05) is 12.1 Å². The van der Waals surface area contributed by atoms with E-state index in [1.54, 1.807) is 25.3 Å². The highest BCUT2D eigenvalue weighted by atomic mass is 35.5. The quantitative estimate of drug-likeness (QED) is 0.476. The topological polar surface area (TPSA) is 61.5 Å². The van der Waals surface area contributed by atoms with Gasteiger partial charge in [0.1, 0.15) is 15.8 Å². The summed E-state index contributed by atoms with van der Waals surface area (Å²) in [6.07, 6.45) is 0. The molecule has 132 valence electrons. The van der Waals surface area contributed by atoms with Crippen LogP contribution in [0.5, 0.6) is 11.5 Å². The van der Waals surface area contributed by atoms with Gasteiger partial charge < -0.3 is 15.2 Å². The van der Waals surface area contributed by atoms with Crippen LogP contribution < -0.4 is 15.2 Å². The molecule has 3 rings (SSSR count). The van der Waals surface area contributed by atoms with Gasteiger partial charge in [-0.2, -0.15) is 0 Å². The molecule has 0 amide bonds. The molecule has 2 N–H and O–H groups in total. The maximum Gasteiger partial charge on any atom is 0.173 e. The molecular weight excluding hydrogens is 361 g/mol. The van der Waals surface area contributed by atoms with Crippen LogP contribution in [-0.4, -0.2) is 24.3 Å². The first-order chi connectivity index (χ1) is 11.8. The molecule has 2 atom stereocenters. The summed E-state index contributed by atoms with van der Waals surface area (Å²) in [6.45, 7) is 1.92. The van der Waals surface area contributed by atoms with Crippen molar-refractivity contribution in [1.29, 1.82) is 0 Å². The lowest BCUT2D eigenvalue weighted by atomic mass is 10.0. The highest BCUT2D eigenvalue weighted by molar-refractivity contribution is 6.54. The van der Waals surface area contributed by atoms with Crippen molar-refractivity contribution in [3.8, 4) is 11.5 Å². The van der Waals surface area contributed by atoms with Crippen molar-refractivity contribution in [2.75, 3.05) is 20.0 Å². The molecule has 1 aliphatic carbocycles. The molecule has 0 aliphatic heterocycles. The molecule has 2 aromatic rings. The van der Waals surface area contributed by atoms with Crippen LogP contribution in [0.1, 0.15) is 27.4 Å². The fourth-order valence-electron chi connectivity index (χ4n) is 3.09. The van der Waals surface area contributed by atoms with E-state index in [0.717, 1.165) is 11.1 Å². The normalized spacial score (nSPS) is 20.8. The summed E-state index contributed by atoms with van der Waals surface area (Å²) in [7, 11) is 3.05. The fraction of sp³-hybridized carbons (Fsp3) is 0.316. The second-order valence-corrected chi connectivity index (χ2v) is 7.62. The summed E-state index contributed by atoms with van der Waals surface area (Å²) in [5, 5.41) is 0. The molecule has 1 aliphatic rings. The van der Waals surface area contributed by atoms with Gasteiger partial charge in [0.05, 0.1) is 25.7 Å². The number of ketones is 1. The highest BCUT2D eigenvalue weighted by Crippen LogP contribution is 2.66. The third-order valence-corrected chi connectivity index (χ3v) is 5.61. The Labute approximate surface area is 156 Å². The monoisotopic (exact) mass is 379 g/mol. The average molecular weight is 380 g/mol. The van der Waals surface area contributed by atoms with Crippen LogP contribution in [0, 0.1) is 12.8 Å². The van der Waals surface area contributed by atoms with Crippen molar-refractivity contribution in [3.63, 3.8) is 0 Å². The van der Waals surface area contributed by atoms with Gasteiger partial charge in [-0.25, -0.2) is 0 Å². The number of carbonyl (C=O) groups excluding carboxylic acids is 1. The highest BCUT2D eigenvalue weighted by Gasteiger charge is 2.67. The number of Topliss-reactive ketones (excluding diaryl/α,β-unsaturated/α-hetero) is 1. The summed E-state index contributed by atoms with van der Waals surface area (Å²) in [5.41, 5.74) is 8.86. The third kappa shape index (κ3) is 3.05. The van der Waals surface area contributed by atoms with Gasteiger partial charge in [-0.3, -0.25) is 4.79 Å². The van der Waals surface area contributed by atoms with Gasteiger partial charge >= 0.3 is 0 Å². The van der Waals surface area contributed by atoms with Crippen LogP contribution in [0.3, 0.4) is 0 Å². The molecule has 0 spiro atoms. The van der Waals surface area contributed by atoms with E-state index in [-0.39, 0.29) is 11.7 Å². The molecule has 1 saturated carbocycles. The second kappa shape index (κ2) is 6.43. The lowest BCUT2D eigenvalue weighted by Gasteiger charge is -2.10. The first kappa shape index (κ1) is 17.9. The zero-order valence-electron chi connectivity index (χ0n) is 14.2. The first-order valence-corrected chi connectivity index (χ1v) is 8.57. The van der Waals surface area contributed by atoms with Gasteiger partial charge in [0.15, 0.2) is 5.78 Å². The van der Waals surface area contributed by atoms with E-state index in [9.17, 15) is 4.79 Å². The number of halogens is 2. The summed E-state index contributed by atoms with van der Waals surface area (Å²) in [5.74, 6) is -0.0364. The van der Waals surface area contributed by atoms with Crippen LogP contribution in [-0.2, 0) is 0 Å². The smallest absolute Gasteiger partial charge is 0.173 e. The Kier molecular flexibility index (Phi) is 4.60. The Bertz CT molecular complexity index is 835. The molecule has 0 saturated heterocycles. The average Bonchev–Trinajstić information content (AvgIpc) is 3.18. The standard InChI is InChI=1S/C19H19Cl2NO3/c1-10-4-5-11(8-14(10)22)16-17(19(16,20)21)18(23)13-9-12(24-2)6-7-15(13)25-3/h4-9,16-17H,22H2,1-3H3. The fourth-order valence-corrected chi connectivity index (χ4v) is 3.92. The number of methoxy groups -OCH3 is 2. The van der Waals surface area contributed by atoms with Crippen molar-refractivity contribution in [2.24, 2.45) is 5.92 Å². The van der Waals surface area contributed by atoms with Crippen molar-refractivity contribution >= 4 is 34.7 Å². The summed E-state index contributed by atoms with van der Waals surface area (Å²) in [4.78, 5) is 13.1. The van der Waals surface area contributed by atoms with Gasteiger partial charge in [0, 0.05) is 11.6 Å². The minimum atomic E-state index is -1.17. The number of hydrogen-bond acceptors (Lipinski definition) is 4. The Morgan fingerprint density at radius 1 is 1.12 bits per heavy atom. The van der Waals surface area contributed by atoms with Gasteiger partial charge in [0.2, 0.25) is 0 Å². The molecule has 4 nitrogen and oxygen atoms in total. The van der Waals surface area contributed by atoms with Crippen molar-refractivity contribution in [1.82, 2.24) is 0 Å². The van der Waals surface area contributed by atoms with Crippen LogP contribution in [0.15, 0.2) is 36.4 Å². The molecule has 2 unspecified atom stereocenters. The molecular formula is C19H19Cl2NO3. The molecule has 0 bridgehead atoms. The van der Waals surface area contributed by atoms with Crippen LogP contribution >= 0.6 is 23.2 Å². The number of alkyl halides is 2. The van der Waals surface area contributed by atoms with Crippen molar-refractivity contribution in [3.05, 3.63) is 53.1 Å². The van der Waals surface area contributed by atoms with Crippen LogP contribution in [0.25, 0.3) is 0 Å². The SMILES string of the molecule is COc1ccc(OC)c(C(=O)C2C(c3ccc(C)c(N)c3)C2(Cl)Cl)c1. The van der Waals surface area contributed by atoms with Crippen molar-refractivity contribution in [2.45, 2.75) is 17.2 Å². The Morgan fingerprint density at radius 2 is 1.84 bits per heavy atom. The van der Waals surface area contributed by atoms with Gasteiger partial charge in [-0.15, -0.1) is 23.2 Å². The van der Waals surface area contributed by atoms with Gasteiger partial charge in [0.25, 0.3) is 0 Å². The maximum absolute atomic E-state index is 13.1. The van der Waals surface area contributed by atoms with E-state index in [0.29, 0.717) is 22.7 Å². The Hall–Kier alpha value is -1.91. The van der Waals surface area contributed by atoms with Crippen LogP contribution in [0.2, 0.25) is 0 Å². The zero-order chi connectivity index (χ0) is 18.4. The predicted molar refractivity (Wildman–Crippen MR) is 100 cm³/mol. The molecule has 0 radical (unpaired) electrons. The zero-order valence-corrected chi connectivity index (χ0v) is 15.7. The van der Waals surface area contributed by atoms with E-state index in [1.807, 2.05) is 25.1 Å². The number of rotatable bonds is 5. The maximum atomic E-state index is 13.1. The largest absolute Gasteiger partial charge is 0.497 e. The Morgan fingerprint density at radius 3 is 2.44 bits per heavy atom. The number of aryl methyl sites for hydroxylation is 1. The molecule has 0 heterocycles. The molecule has 1 fully saturated rings. The number of benzene rings is 2. The molecule has 2 aromatic carbocycles. The summed E-state index contributed by atoms with van der Waals surface area (Å²) < 4.78 is 9.34. The lowest BCUT2D eigenvalue weighted by molar-refractivity contribution is 0.0961. The molecule has 6 heteroatoms. The lowest BCUT2D eigenvalue weighted by Crippen LogP contribution is -2.09. The number of ether oxygens (including phenoxy) is 2. The van der Waals surface area contributed by atoms with E-state index >= 15 is 0 Å².